The molecule has 1 aliphatic rings. The molecule has 0 radical (unpaired) electrons. The van der Waals surface area contributed by atoms with Gasteiger partial charge in [-0.2, -0.15) is 0 Å². The molecule has 0 aliphatic carbocycles. The summed E-state index contributed by atoms with van der Waals surface area (Å²) >= 11 is 0. The molecular weight excluding hydrogens is 230 g/mol. The summed E-state index contributed by atoms with van der Waals surface area (Å²) in [5.74, 6) is 0.843. The largest absolute Gasteiger partial charge is 0.377 e. The number of hydrogen-bond donors (Lipinski definition) is 0. The van der Waals surface area contributed by atoms with Crippen LogP contribution in [0.25, 0.3) is 0 Å². The van der Waals surface area contributed by atoms with Crippen LogP contribution in [0.15, 0.2) is 12.3 Å². The number of ether oxygens (including phenoxy) is 1. The molecule has 1 aromatic heterocycles. The highest BCUT2D eigenvalue weighted by Crippen LogP contribution is 2.22. The highest BCUT2D eigenvalue weighted by atomic mass is 16.5. The maximum atomic E-state index is 12.1. The number of rotatable bonds is 3. The van der Waals surface area contributed by atoms with E-state index in [0.29, 0.717) is 32.0 Å². The minimum Gasteiger partial charge on any atom is -0.377 e. The van der Waals surface area contributed by atoms with Gasteiger partial charge in [0.1, 0.15) is 6.04 Å². The fraction of sp³-hybridized carbons (Fsp3) is 0.615. The summed E-state index contributed by atoms with van der Waals surface area (Å²) in [7, 11) is 0. The number of aryl methyl sites for hydroxylation is 1. The van der Waals surface area contributed by atoms with Crippen molar-refractivity contribution in [3.05, 3.63) is 23.8 Å². The maximum absolute atomic E-state index is 12.1. The summed E-state index contributed by atoms with van der Waals surface area (Å²) in [6.07, 6.45) is 3.16. The number of aromatic nitrogens is 2. The Labute approximate surface area is 107 Å². The third-order valence-electron chi connectivity index (χ3n) is 3.02. The lowest BCUT2D eigenvalue weighted by atomic mass is 10.1. The zero-order chi connectivity index (χ0) is 13.0. The van der Waals surface area contributed by atoms with E-state index in [9.17, 15) is 4.79 Å². The van der Waals surface area contributed by atoms with Crippen LogP contribution in [0.4, 0.5) is 0 Å². The van der Waals surface area contributed by atoms with Gasteiger partial charge in [0.15, 0.2) is 5.82 Å². The monoisotopic (exact) mass is 249 g/mol. The van der Waals surface area contributed by atoms with Crippen molar-refractivity contribution in [2.75, 3.05) is 19.8 Å². The van der Waals surface area contributed by atoms with Crippen molar-refractivity contribution in [3.8, 4) is 0 Å². The van der Waals surface area contributed by atoms with E-state index in [-0.39, 0.29) is 11.9 Å². The zero-order valence-corrected chi connectivity index (χ0v) is 10.9. The van der Waals surface area contributed by atoms with Crippen LogP contribution in [0.5, 0.6) is 0 Å². The number of nitrogens with zero attached hydrogens (tertiary/aromatic N) is 3. The van der Waals surface area contributed by atoms with Crippen LogP contribution in [0, 0.1) is 6.92 Å². The van der Waals surface area contributed by atoms with Crippen LogP contribution in [-0.4, -0.2) is 40.5 Å². The molecule has 1 amide bonds. The van der Waals surface area contributed by atoms with Crippen LogP contribution in [-0.2, 0) is 9.53 Å². The van der Waals surface area contributed by atoms with E-state index in [1.165, 1.54) is 0 Å². The number of carbonyl (C=O) groups is 1. The molecule has 0 bridgehead atoms. The summed E-state index contributed by atoms with van der Waals surface area (Å²) in [6.45, 7) is 5.64. The second kappa shape index (κ2) is 5.91. The van der Waals surface area contributed by atoms with Crippen molar-refractivity contribution in [1.82, 2.24) is 14.9 Å². The van der Waals surface area contributed by atoms with Gasteiger partial charge < -0.3 is 9.64 Å². The molecule has 5 heteroatoms. The second-order valence-electron chi connectivity index (χ2n) is 4.48. The SMILES string of the molecule is CCCC(=O)N1CCOC[C@H]1c1nccc(C)n1. The topological polar surface area (TPSA) is 55.3 Å². The van der Waals surface area contributed by atoms with E-state index in [4.69, 9.17) is 4.74 Å². The molecule has 0 saturated carbocycles. The quantitative estimate of drug-likeness (QED) is 0.814. The van der Waals surface area contributed by atoms with Crippen molar-refractivity contribution in [2.45, 2.75) is 32.7 Å². The first-order chi connectivity index (χ1) is 8.72. The van der Waals surface area contributed by atoms with E-state index >= 15 is 0 Å². The number of carbonyl (C=O) groups excluding carboxylic acids is 1. The Bertz CT molecular complexity index is 422. The van der Waals surface area contributed by atoms with Gasteiger partial charge in [-0.25, -0.2) is 9.97 Å². The Hall–Kier alpha value is -1.49. The highest BCUT2D eigenvalue weighted by Gasteiger charge is 2.29. The fourth-order valence-electron chi connectivity index (χ4n) is 2.10. The maximum Gasteiger partial charge on any atom is 0.223 e. The first-order valence-corrected chi connectivity index (χ1v) is 6.39. The van der Waals surface area contributed by atoms with E-state index in [1.54, 1.807) is 6.20 Å². The predicted octanol–water partition coefficient (Wildman–Crippen LogP) is 1.49. The summed E-state index contributed by atoms with van der Waals surface area (Å²) < 4.78 is 5.46. The zero-order valence-electron chi connectivity index (χ0n) is 10.9. The molecule has 0 spiro atoms. The van der Waals surface area contributed by atoms with E-state index < -0.39 is 0 Å². The Balaban J connectivity index is 2.20. The Morgan fingerprint density at radius 1 is 1.61 bits per heavy atom. The van der Waals surface area contributed by atoms with Crippen LogP contribution >= 0.6 is 0 Å². The minimum absolute atomic E-state index is 0.141. The van der Waals surface area contributed by atoms with Gasteiger partial charge in [-0.05, 0) is 19.4 Å². The number of amides is 1. The third-order valence-corrected chi connectivity index (χ3v) is 3.02. The average molecular weight is 249 g/mol. The van der Waals surface area contributed by atoms with Gasteiger partial charge in [0.05, 0.1) is 13.2 Å². The minimum atomic E-state index is -0.141. The summed E-state index contributed by atoms with van der Waals surface area (Å²) in [5.41, 5.74) is 0.911. The van der Waals surface area contributed by atoms with Crippen molar-refractivity contribution < 1.29 is 9.53 Å². The second-order valence-corrected chi connectivity index (χ2v) is 4.48. The van der Waals surface area contributed by atoms with Crippen LogP contribution in [0.2, 0.25) is 0 Å². The molecule has 1 saturated heterocycles. The lowest BCUT2D eigenvalue weighted by Crippen LogP contribution is -2.44. The van der Waals surface area contributed by atoms with Gasteiger partial charge >= 0.3 is 0 Å². The Morgan fingerprint density at radius 2 is 2.44 bits per heavy atom. The lowest BCUT2D eigenvalue weighted by molar-refractivity contribution is -0.140. The predicted molar refractivity (Wildman–Crippen MR) is 67.0 cm³/mol. The smallest absolute Gasteiger partial charge is 0.223 e. The van der Waals surface area contributed by atoms with Crippen molar-refractivity contribution >= 4 is 5.91 Å². The van der Waals surface area contributed by atoms with Gasteiger partial charge in [0.25, 0.3) is 0 Å². The fourth-order valence-corrected chi connectivity index (χ4v) is 2.10. The molecule has 0 N–H and O–H groups in total. The lowest BCUT2D eigenvalue weighted by Gasteiger charge is -2.34. The average Bonchev–Trinajstić information content (AvgIpc) is 2.39. The van der Waals surface area contributed by atoms with Gasteiger partial charge in [0, 0.05) is 24.9 Å². The number of morpholine rings is 1. The summed E-state index contributed by atoms with van der Waals surface area (Å²) in [6, 6.07) is 1.71. The van der Waals surface area contributed by atoms with Gasteiger partial charge in [-0.15, -0.1) is 0 Å². The van der Waals surface area contributed by atoms with Crippen LogP contribution in [0.3, 0.4) is 0 Å². The van der Waals surface area contributed by atoms with Crippen molar-refractivity contribution in [1.29, 1.82) is 0 Å². The Kier molecular flexibility index (Phi) is 4.25. The molecule has 1 aliphatic heterocycles. The molecule has 5 nitrogen and oxygen atoms in total. The van der Waals surface area contributed by atoms with Gasteiger partial charge in [0.2, 0.25) is 5.91 Å². The molecule has 0 unspecified atom stereocenters. The third kappa shape index (κ3) is 2.85. The summed E-state index contributed by atoms with van der Waals surface area (Å²) in [4.78, 5) is 22.6. The Morgan fingerprint density at radius 3 is 3.17 bits per heavy atom. The molecule has 1 fully saturated rings. The van der Waals surface area contributed by atoms with Gasteiger partial charge in [-0.1, -0.05) is 6.92 Å². The first kappa shape index (κ1) is 13.0. The van der Waals surface area contributed by atoms with E-state index in [0.717, 1.165) is 12.1 Å². The molecule has 18 heavy (non-hydrogen) atoms. The van der Waals surface area contributed by atoms with Crippen molar-refractivity contribution in [2.24, 2.45) is 0 Å². The van der Waals surface area contributed by atoms with E-state index in [2.05, 4.69) is 9.97 Å². The molecular formula is C13H19N3O2. The highest BCUT2D eigenvalue weighted by molar-refractivity contribution is 5.76. The molecule has 0 aromatic carbocycles. The van der Waals surface area contributed by atoms with E-state index in [1.807, 2.05) is 24.8 Å². The van der Waals surface area contributed by atoms with Gasteiger partial charge in [-0.3, -0.25) is 4.79 Å². The normalized spacial score (nSPS) is 19.9. The molecule has 1 aromatic rings. The van der Waals surface area contributed by atoms with Crippen LogP contribution in [0.1, 0.15) is 37.3 Å². The molecule has 98 valence electrons. The van der Waals surface area contributed by atoms with Crippen LogP contribution < -0.4 is 0 Å². The first-order valence-electron chi connectivity index (χ1n) is 6.39. The van der Waals surface area contributed by atoms with Crippen molar-refractivity contribution in [3.63, 3.8) is 0 Å². The molecule has 2 rings (SSSR count). The standard InChI is InChI=1S/C13H19N3O2/c1-3-4-12(17)16-7-8-18-9-11(16)13-14-6-5-10(2)15-13/h5-6,11H,3-4,7-9H2,1-2H3/t11-/m0/s1. The molecule has 1 atom stereocenters. The summed E-state index contributed by atoms with van der Waals surface area (Å²) in [5, 5.41) is 0. The number of hydrogen-bond acceptors (Lipinski definition) is 4. The molecule has 2 heterocycles.